The fourth-order valence-corrected chi connectivity index (χ4v) is 2.51. The normalized spacial score (nSPS) is 17.2. The minimum atomic E-state index is -0.448. The number of amides is 1. The lowest BCUT2D eigenvalue weighted by Crippen LogP contribution is -2.40. The number of hydrogen-bond acceptors (Lipinski definition) is 3. The Morgan fingerprint density at radius 1 is 1.24 bits per heavy atom. The SMILES string of the molecule is COc1ccc([C@H]2Nc3ccccc3C(=O)N2C)cc1F. The lowest BCUT2D eigenvalue weighted by atomic mass is 10.0. The van der Waals surface area contributed by atoms with E-state index >= 15 is 0 Å². The number of fused-ring (bicyclic) bond motifs is 1. The lowest BCUT2D eigenvalue weighted by molar-refractivity contribution is 0.0735. The zero-order valence-electron chi connectivity index (χ0n) is 11.8. The summed E-state index contributed by atoms with van der Waals surface area (Å²) in [6.45, 7) is 0. The van der Waals surface area contributed by atoms with E-state index < -0.39 is 12.0 Å². The monoisotopic (exact) mass is 286 g/mol. The van der Waals surface area contributed by atoms with Gasteiger partial charge >= 0.3 is 0 Å². The molecule has 1 heterocycles. The summed E-state index contributed by atoms with van der Waals surface area (Å²) in [7, 11) is 3.11. The van der Waals surface area contributed by atoms with Crippen molar-refractivity contribution in [2.45, 2.75) is 6.17 Å². The minimum Gasteiger partial charge on any atom is -0.494 e. The van der Waals surface area contributed by atoms with Crippen LogP contribution in [0.5, 0.6) is 5.75 Å². The standard InChI is InChI=1S/C16H15FN2O2/c1-19-15(10-7-8-14(21-2)12(17)9-10)18-13-6-4-3-5-11(13)16(19)20/h3-9,15,18H,1-2H3/t15-/m0/s1. The fraction of sp³-hybridized carbons (Fsp3) is 0.188. The molecule has 1 aliphatic heterocycles. The van der Waals surface area contributed by atoms with Crippen LogP contribution >= 0.6 is 0 Å². The zero-order valence-corrected chi connectivity index (χ0v) is 11.8. The first-order valence-corrected chi connectivity index (χ1v) is 6.58. The highest BCUT2D eigenvalue weighted by atomic mass is 19.1. The molecule has 1 aliphatic rings. The highest BCUT2D eigenvalue weighted by Crippen LogP contribution is 2.33. The van der Waals surface area contributed by atoms with E-state index in [1.165, 1.54) is 13.2 Å². The van der Waals surface area contributed by atoms with Crippen molar-refractivity contribution >= 4 is 11.6 Å². The molecule has 4 nitrogen and oxygen atoms in total. The molecule has 0 spiro atoms. The van der Waals surface area contributed by atoms with Crippen molar-refractivity contribution in [1.29, 1.82) is 0 Å². The molecule has 1 atom stereocenters. The number of nitrogens with zero attached hydrogens (tertiary/aromatic N) is 1. The van der Waals surface area contributed by atoms with Crippen LogP contribution in [0.15, 0.2) is 42.5 Å². The Morgan fingerprint density at radius 2 is 2.00 bits per heavy atom. The molecule has 0 bridgehead atoms. The number of nitrogens with one attached hydrogen (secondary N) is 1. The molecule has 2 aromatic rings. The van der Waals surface area contributed by atoms with Crippen LogP contribution in [0, 0.1) is 5.82 Å². The quantitative estimate of drug-likeness (QED) is 0.922. The Kier molecular flexibility index (Phi) is 3.25. The highest BCUT2D eigenvalue weighted by Gasteiger charge is 2.30. The number of benzene rings is 2. The van der Waals surface area contributed by atoms with Crippen LogP contribution in [0.2, 0.25) is 0 Å². The van der Waals surface area contributed by atoms with E-state index in [9.17, 15) is 9.18 Å². The number of carbonyl (C=O) groups is 1. The third-order valence-corrected chi connectivity index (χ3v) is 3.65. The third kappa shape index (κ3) is 2.20. The van der Waals surface area contributed by atoms with Crippen LogP contribution in [0.1, 0.15) is 22.1 Å². The van der Waals surface area contributed by atoms with Crippen molar-refractivity contribution in [1.82, 2.24) is 4.90 Å². The first kappa shape index (κ1) is 13.4. The molecule has 0 unspecified atom stereocenters. The Morgan fingerprint density at radius 3 is 2.71 bits per heavy atom. The average Bonchev–Trinajstić information content (AvgIpc) is 2.51. The van der Waals surface area contributed by atoms with Gasteiger partial charge in [0.15, 0.2) is 11.6 Å². The molecule has 0 saturated heterocycles. The largest absolute Gasteiger partial charge is 0.494 e. The van der Waals surface area contributed by atoms with Gasteiger partial charge in [0.25, 0.3) is 5.91 Å². The van der Waals surface area contributed by atoms with Gasteiger partial charge in [-0.2, -0.15) is 0 Å². The van der Waals surface area contributed by atoms with Crippen molar-refractivity contribution in [3.63, 3.8) is 0 Å². The summed E-state index contributed by atoms with van der Waals surface area (Å²) in [5, 5.41) is 3.26. The van der Waals surface area contributed by atoms with E-state index in [0.29, 0.717) is 11.1 Å². The average molecular weight is 286 g/mol. The van der Waals surface area contributed by atoms with E-state index in [4.69, 9.17) is 4.74 Å². The van der Waals surface area contributed by atoms with Gasteiger partial charge in [0, 0.05) is 12.7 Å². The van der Waals surface area contributed by atoms with Gasteiger partial charge in [0.05, 0.1) is 12.7 Å². The Labute approximate surface area is 122 Å². The molecule has 0 aromatic heterocycles. The number of carbonyl (C=O) groups excluding carboxylic acids is 1. The molecule has 3 rings (SSSR count). The first-order chi connectivity index (χ1) is 10.1. The predicted molar refractivity (Wildman–Crippen MR) is 77.9 cm³/mol. The van der Waals surface area contributed by atoms with Crippen molar-refractivity contribution < 1.29 is 13.9 Å². The number of anilines is 1. The Balaban J connectivity index is 2.00. The second-order valence-electron chi connectivity index (χ2n) is 4.90. The third-order valence-electron chi connectivity index (χ3n) is 3.65. The molecular weight excluding hydrogens is 271 g/mol. The van der Waals surface area contributed by atoms with E-state index in [-0.39, 0.29) is 11.7 Å². The fourth-order valence-electron chi connectivity index (χ4n) is 2.51. The van der Waals surface area contributed by atoms with Crippen LogP contribution in [-0.4, -0.2) is 25.0 Å². The lowest BCUT2D eigenvalue weighted by Gasteiger charge is -2.35. The smallest absolute Gasteiger partial charge is 0.257 e. The maximum atomic E-state index is 13.9. The molecule has 1 N–H and O–H groups in total. The molecule has 1 amide bonds. The second-order valence-corrected chi connectivity index (χ2v) is 4.90. The Bertz CT molecular complexity index is 702. The summed E-state index contributed by atoms with van der Waals surface area (Å²) in [6.07, 6.45) is -0.409. The number of halogens is 1. The molecule has 0 aliphatic carbocycles. The predicted octanol–water partition coefficient (Wildman–Crippen LogP) is 3.03. The number of rotatable bonds is 2. The maximum Gasteiger partial charge on any atom is 0.257 e. The molecule has 21 heavy (non-hydrogen) atoms. The molecule has 108 valence electrons. The molecule has 0 saturated carbocycles. The van der Waals surface area contributed by atoms with Crippen LogP contribution in [0.3, 0.4) is 0 Å². The summed E-state index contributed by atoms with van der Waals surface area (Å²) in [4.78, 5) is 13.9. The van der Waals surface area contributed by atoms with Gasteiger partial charge in [-0.1, -0.05) is 18.2 Å². The summed E-state index contributed by atoms with van der Waals surface area (Å²) >= 11 is 0. The highest BCUT2D eigenvalue weighted by molar-refractivity contribution is 6.01. The van der Waals surface area contributed by atoms with Crippen molar-refractivity contribution in [3.05, 3.63) is 59.4 Å². The summed E-state index contributed by atoms with van der Waals surface area (Å²) in [6, 6.07) is 12.0. The van der Waals surface area contributed by atoms with Crippen LogP contribution < -0.4 is 10.1 Å². The summed E-state index contributed by atoms with van der Waals surface area (Å²) in [5.41, 5.74) is 2.03. The van der Waals surface area contributed by atoms with Crippen LogP contribution in [-0.2, 0) is 0 Å². The number of para-hydroxylation sites is 1. The first-order valence-electron chi connectivity index (χ1n) is 6.58. The number of hydrogen-bond donors (Lipinski definition) is 1. The van der Waals surface area contributed by atoms with Crippen LogP contribution in [0.25, 0.3) is 0 Å². The molecule has 2 aromatic carbocycles. The van der Waals surface area contributed by atoms with E-state index in [0.717, 1.165) is 5.69 Å². The minimum absolute atomic E-state index is 0.0921. The van der Waals surface area contributed by atoms with Gasteiger partial charge in [-0.3, -0.25) is 4.79 Å². The molecule has 5 heteroatoms. The van der Waals surface area contributed by atoms with Crippen molar-refractivity contribution in [3.8, 4) is 5.75 Å². The molecule has 0 radical (unpaired) electrons. The molecule has 0 fully saturated rings. The van der Waals surface area contributed by atoms with Gasteiger partial charge in [0.2, 0.25) is 0 Å². The topological polar surface area (TPSA) is 41.6 Å². The van der Waals surface area contributed by atoms with Crippen molar-refractivity contribution in [2.24, 2.45) is 0 Å². The van der Waals surface area contributed by atoms with Gasteiger partial charge in [-0.25, -0.2) is 4.39 Å². The summed E-state index contributed by atoms with van der Waals surface area (Å²) in [5.74, 6) is -0.356. The van der Waals surface area contributed by atoms with Crippen molar-refractivity contribution in [2.75, 3.05) is 19.5 Å². The second kappa shape index (κ2) is 5.09. The summed E-state index contributed by atoms with van der Waals surface area (Å²) < 4.78 is 18.8. The number of methoxy groups -OCH3 is 1. The van der Waals surface area contributed by atoms with Gasteiger partial charge in [-0.05, 0) is 29.8 Å². The maximum absolute atomic E-state index is 13.9. The van der Waals surface area contributed by atoms with E-state index in [2.05, 4.69) is 5.32 Å². The molecular formula is C16H15FN2O2. The van der Waals surface area contributed by atoms with Gasteiger partial charge in [-0.15, -0.1) is 0 Å². The van der Waals surface area contributed by atoms with Gasteiger partial charge in [0.1, 0.15) is 6.17 Å². The van der Waals surface area contributed by atoms with Crippen LogP contribution in [0.4, 0.5) is 10.1 Å². The van der Waals surface area contributed by atoms with E-state index in [1.54, 1.807) is 30.1 Å². The zero-order chi connectivity index (χ0) is 15.0. The Hall–Kier alpha value is -2.56. The number of ether oxygens (including phenoxy) is 1. The van der Waals surface area contributed by atoms with Gasteiger partial charge < -0.3 is 15.0 Å². The van der Waals surface area contributed by atoms with E-state index in [1.807, 2.05) is 18.2 Å².